The lowest BCUT2D eigenvalue weighted by Gasteiger charge is -2.10. The van der Waals surface area contributed by atoms with Crippen LogP contribution in [0.4, 0.5) is 4.79 Å². The van der Waals surface area contributed by atoms with E-state index in [0.29, 0.717) is 6.61 Å². The van der Waals surface area contributed by atoms with Gasteiger partial charge in [0, 0.05) is 6.04 Å². The van der Waals surface area contributed by atoms with Crippen molar-refractivity contribution >= 4 is 6.09 Å². The van der Waals surface area contributed by atoms with Crippen molar-refractivity contribution in [1.29, 1.82) is 0 Å². The molecule has 132 valence electrons. The van der Waals surface area contributed by atoms with Crippen LogP contribution in [0.3, 0.4) is 0 Å². The number of rotatable bonds is 10. The molecule has 0 saturated carbocycles. The maximum absolute atomic E-state index is 11.5. The first-order chi connectivity index (χ1) is 10.8. The van der Waals surface area contributed by atoms with Crippen LogP contribution in [0.1, 0.15) is 73.6 Å². The van der Waals surface area contributed by atoms with Crippen LogP contribution in [0, 0.1) is 0 Å². The van der Waals surface area contributed by atoms with Gasteiger partial charge in [0.1, 0.15) is 6.61 Å². The SMILES string of the molecule is CCC(C)NC(=O)OCC=C(C)CCC=C(C)CCC=C(C)C. The van der Waals surface area contributed by atoms with E-state index in [1.807, 2.05) is 19.9 Å². The molecule has 1 atom stereocenters. The number of ether oxygens (including phenoxy) is 1. The standard InChI is InChI=1S/C20H35NO2/c1-7-19(6)21-20(22)23-15-14-18(5)13-9-12-17(4)11-8-10-16(2)3/h10,12,14,19H,7-9,11,13,15H2,1-6H3,(H,21,22). The van der Waals surface area contributed by atoms with Gasteiger partial charge in [-0.15, -0.1) is 0 Å². The zero-order chi connectivity index (χ0) is 17.7. The van der Waals surface area contributed by atoms with Gasteiger partial charge < -0.3 is 10.1 Å². The quantitative estimate of drug-likeness (QED) is 0.506. The third-order valence-corrected chi connectivity index (χ3v) is 3.75. The fourth-order valence-electron chi connectivity index (χ4n) is 1.94. The topological polar surface area (TPSA) is 38.3 Å². The molecule has 0 aliphatic heterocycles. The average Bonchev–Trinajstić information content (AvgIpc) is 2.46. The number of carbonyl (C=O) groups is 1. The second kappa shape index (κ2) is 13.0. The molecule has 0 aliphatic carbocycles. The molecule has 1 N–H and O–H groups in total. The summed E-state index contributed by atoms with van der Waals surface area (Å²) < 4.78 is 5.14. The molecule has 3 nitrogen and oxygen atoms in total. The molecular weight excluding hydrogens is 286 g/mol. The molecule has 0 saturated heterocycles. The van der Waals surface area contributed by atoms with Gasteiger partial charge in [0.05, 0.1) is 0 Å². The van der Waals surface area contributed by atoms with Gasteiger partial charge in [0.2, 0.25) is 0 Å². The molecule has 0 fully saturated rings. The van der Waals surface area contributed by atoms with Crippen LogP contribution in [-0.2, 0) is 4.74 Å². The van der Waals surface area contributed by atoms with E-state index < -0.39 is 0 Å². The Hall–Kier alpha value is -1.51. The van der Waals surface area contributed by atoms with Gasteiger partial charge >= 0.3 is 6.09 Å². The van der Waals surface area contributed by atoms with Crippen molar-refractivity contribution in [1.82, 2.24) is 5.32 Å². The predicted octanol–water partition coefficient (Wildman–Crippen LogP) is 5.93. The highest BCUT2D eigenvalue weighted by Crippen LogP contribution is 2.11. The summed E-state index contributed by atoms with van der Waals surface area (Å²) >= 11 is 0. The molecule has 0 bridgehead atoms. The van der Waals surface area contributed by atoms with Crippen molar-refractivity contribution in [3.05, 3.63) is 34.9 Å². The van der Waals surface area contributed by atoms with Crippen molar-refractivity contribution in [2.24, 2.45) is 0 Å². The molecule has 0 aromatic heterocycles. The number of alkyl carbamates (subject to hydrolysis) is 1. The molecular formula is C20H35NO2. The van der Waals surface area contributed by atoms with Crippen LogP contribution in [0.15, 0.2) is 34.9 Å². The largest absolute Gasteiger partial charge is 0.445 e. The lowest BCUT2D eigenvalue weighted by atomic mass is 10.1. The second-order valence-electron chi connectivity index (χ2n) is 6.51. The van der Waals surface area contributed by atoms with Gasteiger partial charge in [0.15, 0.2) is 0 Å². The Morgan fingerprint density at radius 3 is 2.13 bits per heavy atom. The average molecular weight is 322 g/mol. The Bertz CT molecular complexity index is 429. The van der Waals surface area contributed by atoms with Crippen LogP contribution >= 0.6 is 0 Å². The summed E-state index contributed by atoms with van der Waals surface area (Å²) in [5.41, 5.74) is 4.09. The van der Waals surface area contributed by atoms with E-state index in [1.54, 1.807) is 0 Å². The van der Waals surface area contributed by atoms with Crippen LogP contribution in [0.2, 0.25) is 0 Å². The van der Waals surface area contributed by atoms with Crippen LogP contribution in [0.25, 0.3) is 0 Å². The summed E-state index contributed by atoms with van der Waals surface area (Å²) in [6.07, 6.45) is 11.5. The molecule has 0 radical (unpaired) electrons. The fourth-order valence-corrected chi connectivity index (χ4v) is 1.94. The molecule has 0 aliphatic rings. The first-order valence-electron chi connectivity index (χ1n) is 8.73. The number of hydrogen-bond acceptors (Lipinski definition) is 2. The van der Waals surface area contributed by atoms with Gasteiger partial charge in [-0.2, -0.15) is 0 Å². The summed E-state index contributed by atoms with van der Waals surface area (Å²) in [6, 6.07) is 0.159. The first-order valence-corrected chi connectivity index (χ1v) is 8.73. The van der Waals surface area contributed by atoms with E-state index in [0.717, 1.165) is 32.1 Å². The normalized spacial score (nSPS) is 13.5. The maximum Gasteiger partial charge on any atom is 0.407 e. The highest BCUT2D eigenvalue weighted by Gasteiger charge is 2.04. The van der Waals surface area contributed by atoms with Crippen molar-refractivity contribution in [2.45, 2.75) is 79.7 Å². The first kappa shape index (κ1) is 21.5. The van der Waals surface area contributed by atoms with Crippen molar-refractivity contribution < 1.29 is 9.53 Å². The van der Waals surface area contributed by atoms with E-state index in [1.165, 1.54) is 16.7 Å². The number of amides is 1. The fraction of sp³-hybridized carbons (Fsp3) is 0.650. The van der Waals surface area contributed by atoms with Crippen LogP contribution < -0.4 is 5.32 Å². The molecule has 0 aromatic rings. The van der Waals surface area contributed by atoms with Crippen molar-refractivity contribution in [2.75, 3.05) is 6.61 Å². The monoisotopic (exact) mass is 321 g/mol. The summed E-state index contributed by atoms with van der Waals surface area (Å²) in [4.78, 5) is 11.5. The second-order valence-corrected chi connectivity index (χ2v) is 6.51. The molecule has 0 rings (SSSR count). The van der Waals surface area contributed by atoms with Gasteiger partial charge in [-0.05, 0) is 72.8 Å². The van der Waals surface area contributed by atoms with Gasteiger partial charge in [0.25, 0.3) is 0 Å². The zero-order valence-corrected chi connectivity index (χ0v) is 15.9. The summed E-state index contributed by atoms with van der Waals surface area (Å²) in [5.74, 6) is 0. The predicted molar refractivity (Wildman–Crippen MR) is 99.6 cm³/mol. The molecule has 0 aromatic carbocycles. The molecule has 23 heavy (non-hydrogen) atoms. The highest BCUT2D eigenvalue weighted by atomic mass is 16.5. The van der Waals surface area contributed by atoms with E-state index >= 15 is 0 Å². The third kappa shape index (κ3) is 13.8. The van der Waals surface area contributed by atoms with Gasteiger partial charge in [-0.3, -0.25) is 0 Å². The number of nitrogens with one attached hydrogen (secondary N) is 1. The smallest absolute Gasteiger partial charge is 0.407 e. The summed E-state index contributed by atoms with van der Waals surface area (Å²) in [6.45, 7) is 12.9. The van der Waals surface area contributed by atoms with Gasteiger partial charge in [-0.1, -0.05) is 35.8 Å². The lowest BCUT2D eigenvalue weighted by Crippen LogP contribution is -2.32. The Balaban J connectivity index is 3.94. The van der Waals surface area contributed by atoms with E-state index in [4.69, 9.17) is 4.74 Å². The van der Waals surface area contributed by atoms with Crippen LogP contribution in [-0.4, -0.2) is 18.7 Å². The molecule has 1 unspecified atom stereocenters. The Kier molecular flexibility index (Phi) is 12.1. The molecule has 3 heteroatoms. The maximum atomic E-state index is 11.5. The Morgan fingerprint density at radius 1 is 1.00 bits per heavy atom. The number of allylic oxidation sites excluding steroid dienone is 5. The van der Waals surface area contributed by atoms with Crippen LogP contribution in [0.5, 0.6) is 0 Å². The Morgan fingerprint density at radius 2 is 1.57 bits per heavy atom. The summed E-state index contributed by atoms with van der Waals surface area (Å²) in [7, 11) is 0. The van der Waals surface area contributed by atoms with E-state index in [9.17, 15) is 4.79 Å². The lowest BCUT2D eigenvalue weighted by molar-refractivity contribution is 0.154. The van der Waals surface area contributed by atoms with Gasteiger partial charge in [-0.25, -0.2) is 4.79 Å². The minimum Gasteiger partial charge on any atom is -0.445 e. The van der Waals surface area contributed by atoms with E-state index in [2.05, 4.69) is 45.2 Å². The third-order valence-electron chi connectivity index (χ3n) is 3.75. The molecule has 0 spiro atoms. The number of carbonyl (C=O) groups excluding carboxylic acids is 1. The summed E-state index contributed by atoms with van der Waals surface area (Å²) in [5, 5.41) is 2.78. The minimum atomic E-state index is -0.335. The van der Waals surface area contributed by atoms with Crippen molar-refractivity contribution in [3.63, 3.8) is 0 Å². The molecule has 1 amide bonds. The van der Waals surface area contributed by atoms with E-state index in [-0.39, 0.29) is 12.1 Å². The zero-order valence-electron chi connectivity index (χ0n) is 15.9. The highest BCUT2D eigenvalue weighted by molar-refractivity contribution is 5.67. The Labute approximate surface area is 142 Å². The minimum absolute atomic E-state index is 0.159. The number of hydrogen-bond donors (Lipinski definition) is 1. The van der Waals surface area contributed by atoms with Crippen molar-refractivity contribution in [3.8, 4) is 0 Å². The molecule has 0 heterocycles.